The third kappa shape index (κ3) is 1.95. The van der Waals surface area contributed by atoms with Gasteiger partial charge in [0.1, 0.15) is 12.1 Å². The Kier molecular flexibility index (Phi) is 3.17. The molecule has 0 radical (unpaired) electrons. The van der Waals surface area contributed by atoms with Gasteiger partial charge in [0.05, 0.1) is 29.4 Å². The summed E-state index contributed by atoms with van der Waals surface area (Å²) in [5.74, 6) is -0.0108. The maximum Gasteiger partial charge on any atom is 0.261 e. The lowest BCUT2D eigenvalue weighted by molar-refractivity contribution is 0.179. The molecule has 3 heterocycles. The van der Waals surface area contributed by atoms with Crippen LogP contribution in [-0.2, 0) is 18.4 Å². The molecule has 0 atom stereocenters. The van der Waals surface area contributed by atoms with Gasteiger partial charge in [0.2, 0.25) is 0 Å². The van der Waals surface area contributed by atoms with E-state index >= 15 is 0 Å². The molecule has 4 rings (SSSR count). The van der Waals surface area contributed by atoms with Crippen LogP contribution in [0.4, 0.5) is 4.39 Å². The van der Waals surface area contributed by atoms with Crippen LogP contribution in [0.1, 0.15) is 5.69 Å². The Balaban J connectivity index is 2.10. The van der Waals surface area contributed by atoms with E-state index in [0.29, 0.717) is 29.3 Å². The van der Waals surface area contributed by atoms with Gasteiger partial charge in [-0.25, -0.2) is 9.37 Å². The van der Waals surface area contributed by atoms with Gasteiger partial charge in [-0.05, 0) is 18.2 Å². The lowest BCUT2D eigenvalue weighted by Gasteiger charge is -2.09. The molecule has 0 saturated heterocycles. The Hall–Kier alpha value is -3.07. The summed E-state index contributed by atoms with van der Waals surface area (Å²) in [5, 5.41) is 8.19. The van der Waals surface area contributed by atoms with Crippen LogP contribution in [0.25, 0.3) is 22.4 Å². The summed E-state index contributed by atoms with van der Waals surface area (Å²) >= 11 is 0. The van der Waals surface area contributed by atoms with Crippen molar-refractivity contribution in [2.24, 2.45) is 7.05 Å². The minimum atomic E-state index is -0.460. The van der Waals surface area contributed by atoms with E-state index in [-0.39, 0.29) is 10.9 Å². The molecule has 122 valence electrons. The van der Waals surface area contributed by atoms with Crippen LogP contribution in [0.5, 0.6) is 0 Å². The molecule has 0 spiro atoms. The molecule has 0 unspecified atom stereocenters. The summed E-state index contributed by atoms with van der Waals surface area (Å²) in [6.45, 7) is 0.304. The molecular weight excluding hydrogens is 315 g/mol. The Bertz CT molecular complexity index is 1130. The monoisotopic (exact) mass is 328 g/mol. The SMILES string of the molecule is COCc1cnnn1-c1ncn2c3ccc(F)cc3c(=O)n(C)c12. The van der Waals surface area contributed by atoms with Crippen LogP contribution in [0.2, 0.25) is 0 Å². The van der Waals surface area contributed by atoms with Crippen LogP contribution >= 0.6 is 0 Å². The molecule has 0 aliphatic rings. The van der Waals surface area contributed by atoms with Gasteiger partial charge in [0.15, 0.2) is 11.5 Å². The predicted molar refractivity (Wildman–Crippen MR) is 83.5 cm³/mol. The molecule has 0 aliphatic carbocycles. The van der Waals surface area contributed by atoms with Gasteiger partial charge in [0, 0.05) is 14.2 Å². The minimum absolute atomic E-state index is 0.282. The van der Waals surface area contributed by atoms with Crippen LogP contribution in [0.15, 0.2) is 35.5 Å². The first-order valence-corrected chi connectivity index (χ1v) is 7.16. The summed E-state index contributed by atoms with van der Waals surface area (Å²) in [4.78, 5) is 17.0. The number of nitrogens with zero attached hydrogens (tertiary/aromatic N) is 6. The molecule has 4 aromatic rings. The predicted octanol–water partition coefficient (Wildman–Crippen LogP) is 1.05. The van der Waals surface area contributed by atoms with Gasteiger partial charge < -0.3 is 4.74 Å². The summed E-state index contributed by atoms with van der Waals surface area (Å²) in [6.07, 6.45) is 3.14. The van der Waals surface area contributed by atoms with Crippen molar-refractivity contribution in [2.45, 2.75) is 6.61 Å². The average Bonchev–Trinajstić information content (AvgIpc) is 3.19. The highest BCUT2D eigenvalue weighted by Crippen LogP contribution is 2.20. The van der Waals surface area contributed by atoms with E-state index < -0.39 is 5.82 Å². The number of fused-ring (bicyclic) bond motifs is 3. The highest BCUT2D eigenvalue weighted by Gasteiger charge is 2.18. The minimum Gasteiger partial charge on any atom is -0.378 e. The van der Waals surface area contributed by atoms with Crippen LogP contribution < -0.4 is 5.56 Å². The first-order chi connectivity index (χ1) is 11.6. The third-order valence-corrected chi connectivity index (χ3v) is 3.91. The summed E-state index contributed by atoms with van der Waals surface area (Å²) in [7, 11) is 3.18. The second kappa shape index (κ2) is 5.24. The maximum atomic E-state index is 13.5. The molecule has 0 bridgehead atoms. The van der Waals surface area contributed by atoms with E-state index in [9.17, 15) is 9.18 Å². The Labute approximate surface area is 134 Å². The standard InChI is InChI=1S/C15H13FN6O2/c1-20-14-13(22-10(7-24-2)6-18-19-22)17-8-21(14)12-4-3-9(16)5-11(12)15(20)23/h3-6,8H,7H2,1-2H3. The number of hydrogen-bond acceptors (Lipinski definition) is 5. The number of benzene rings is 1. The van der Waals surface area contributed by atoms with Crippen molar-refractivity contribution in [1.82, 2.24) is 28.9 Å². The van der Waals surface area contributed by atoms with E-state index in [1.165, 1.54) is 21.4 Å². The fourth-order valence-electron chi connectivity index (χ4n) is 2.82. The molecule has 0 aliphatic heterocycles. The Morgan fingerprint density at radius 2 is 2.17 bits per heavy atom. The number of ether oxygens (including phenoxy) is 1. The number of hydrogen-bond donors (Lipinski definition) is 0. The van der Waals surface area contributed by atoms with Crippen molar-refractivity contribution in [2.75, 3.05) is 7.11 Å². The molecule has 3 aromatic heterocycles. The molecular formula is C15H13FN6O2. The van der Waals surface area contributed by atoms with Crippen molar-refractivity contribution < 1.29 is 9.13 Å². The second-order valence-corrected chi connectivity index (χ2v) is 5.36. The first kappa shape index (κ1) is 14.5. The number of rotatable bonds is 3. The molecule has 0 N–H and O–H groups in total. The maximum absolute atomic E-state index is 13.5. The highest BCUT2D eigenvalue weighted by atomic mass is 19.1. The molecule has 1 aromatic carbocycles. The lowest BCUT2D eigenvalue weighted by Crippen LogP contribution is -2.21. The molecule has 0 amide bonds. The van der Waals surface area contributed by atoms with E-state index in [1.807, 2.05) is 0 Å². The normalized spacial score (nSPS) is 11.6. The zero-order valence-electron chi connectivity index (χ0n) is 13.0. The largest absolute Gasteiger partial charge is 0.378 e. The van der Waals surface area contributed by atoms with Gasteiger partial charge in [-0.3, -0.25) is 13.8 Å². The van der Waals surface area contributed by atoms with Crippen LogP contribution in [-0.4, -0.2) is 36.1 Å². The zero-order chi connectivity index (χ0) is 16.8. The van der Waals surface area contributed by atoms with Crippen LogP contribution in [0.3, 0.4) is 0 Å². The molecule has 0 fully saturated rings. The van der Waals surface area contributed by atoms with E-state index in [1.54, 1.807) is 37.1 Å². The number of imidazole rings is 1. The second-order valence-electron chi connectivity index (χ2n) is 5.36. The number of methoxy groups -OCH3 is 1. The average molecular weight is 328 g/mol. The van der Waals surface area contributed by atoms with Gasteiger partial charge in [0.25, 0.3) is 5.56 Å². The van der Waals surface area contributed by atoms with Crippen molar-refractivity contribution in [3.05, 3.63) is 52.6 Å². The first-order valence-electron chi connectivity index (χ1n) is 7.16. The van der Waals surface area contributed by atoms with Crippen molar-refractivity contribution >= 4 is 16.6 Å². The smallest absolute Gasteiger partial charge is 0.261 e. The summed E-state index contributed by atoms with van der Waals surface area (Å²) in [5.41, 5.74) is 1.49. The summed E-state index contributed by atoms with van der Waals surface area (Å²) < 4.78 is 23.3. The quantitative estimate of drug-likeness (QED) is 0.562. The lowest BCUT2D eigenvalue weighted by atomic mass is 10.2. The molecule has 24 heavy (non-hydrogen) atoms. The molecule has 9 heteroatoms. The highest BCUT2D eigenvalue weighted by molar-refractivity contribution is 5.82. The van der Waals surface area contributed by atoms with Crippen molar-refractivity contribution in [3.8, 4) is 5.82 Å². The van der Waals surface area contributed by atoms with Crippen molar-refractivity contribution in [1.29, 1.82) is 0 Å². The van der Waals surface area contributed by atoms with Gasteiger partial charge in [-0.2, -0.15) is 4.68 Å². The fraction of sp³-hybridized carbons (Fsp3) is 0.200. The molecule has 0 saturated carbocycles. The molecule has 8 nitrogen and oxygen atoms in total. The van der Waals surface area contributed by atoms with Crippen LogP contribution in [0, 0.1) is 5.82 Å². The van der Waals surface area contributed by atoms with Gasteiger partial charge in [-0.1, -0.05) is 5.21 Å². The third-order valence-electron chi connectivity index (χ3n) is 3.91. The van der Waals surface area contributed by atoms with E-state index in [0.717, 1.165) is 0 Å². The Morgan fingerprint density at radius 3 is 2.96 bits per heavy atom. The topological polar surface area (TPSA) is 79.2 Å². The van der Waals surface area contributed by atoms with Crippen molar-refractivity contribution in [3.63, 3.8) is 0 Å². The number of aromatic nitrogens is 6. The Morgan fingerprint density at radius 1 is 1.33 bits per heavy atom. The van der Waals surface area contributed by atoms with Gasteiger partial charge in [-0.15, -0.1) is 5.10 Å². The van der Waals surface area contributed by atoms with E-state index in [4.69, 9.17) is 4.74 Å². The zero-order valence-corrected chi connectivity index (χ0v) is 13.0. The summed E-state index contributed by atoms with van der Waals surface area (Å²) in [6, 6.07) is 4.09. The van der Waals surface area contributed by atoms with E-state index in [2.05, 4.69) is 15.3 Å². The number of aryl methyl sites for hydroxylation is 1. The fourth-order valence-corrected chi connectivity index (χ4v) is 2.82. The number of halogens is 1. The van der Waals surface area contributed by atoms with Gasteiger partial charge >= 0.3 is 0 Å².